The molecule has 1 aromatic rings. The Morgan fingerprint density at radius 1 is 1.25 bits per heavy atom. The van der Waals surface area contributed by atoms with E-state index in [0.29, 0.717) is 11.6 Å². The molecule has 0 aromatic heterocycles. The van der Waals surface area contributed by atoms with Gasteiger partial charge in [-0.3, -0.25) is 0 Å². The molecule has 0 aliphatic carbocycles. The molecule has 0 unspecified atom stereocenters. The number of benzene rings is 1. The van der Waals surface area contributed by atoms with E-state index in [1.54, 1.807) is 6.07 Å². The lowest BCUT2D eigenvalue weighted by atomic mass is 10.2. The molecule has 1 aliphatic rings. The van der Waals surface area contributed by atoms with E-state index in [-0.39, 0.29) is 5.75 Å². The molecule has 112 valence electrons. The maximum atomic E-state index is 9.80. The van der Waals surface area contributed by atoms with Crippen molar-refractivity contribution in [1.82, 2.24) is 15.1 Å². The molecule has 2 N–H and O–H groups in total. The standard InChI is InChI=1S/C15H24ClN3O/c1-18-8-10-19(11-9-18)7-3-6-17-12-13-4-2-5-14(16)15(13)20/h2,4-5,17,20H,3,6-12H2,1H3. The smallest absolute Gasteiger partial charge is 0.138 e. The van der Waals surface area contributed by atoms with E-state index in [2.05, 4.69) is 22.2 Å². The van der Waals surface area contributed by atoms with Crippen LogP contribution in [0.1, 0.15) is 12.0 Å². The molecule has 4 nitrogen and oxygen atoms in total. The van der Waals surface area contributed by atoms with Gasteiger partial charge in [0.2, 0.25) is 0 Å². The van der Waals surface area contributed by atoms with Crippen LogP contribution >= 0.6 is 11.6 Å². The summed E-state index contributed by atoms with van der Waals surface area (Å²) >= 11 is 5.88. The summed E-state index contributed by atoms with van der Waals surface area (Å²) in [5.41, 5.74) is 0.858. The lowest BCUT2D eigenvalue weighted by molar-refractivity contribution is 0.152. The lowest BCUT2D eigenvalue weighted by Gasteiger charge is -2.32. The third-order valence-corrected chi connectivity index (χ3v) is 4.11. The van der Waals surface area contributed by atoms with E-state index < -0.39 is 0 Å². The molecule has 1 heterocycles. The van der Waals surface area contributed by atoms with Crippen molar-refractivity contribution in [3.05, 3.63) is 28.8 Å². The number of hydrogen-bond acceptors (Lipinski definition) is 4. The predicted molar refractivity (Wildman–Crippen MR) is 83.4 cm³/mol. The summed E-state index contributed by atoms with van der Waals surface area (Å²) in [7, 11) is 2.18. The quantitative estimate of drug-likeness (QED) is 0.785. The minimum Gasteiger partial charge on any atom is -0.506 e. The summed E-state index contributed by atoms with van der Waals surface area (Å²) < 4.78 is 0. The van der Waals surface area contributed by atoms with Crippen LogP contribution in [0, 0.1) is 0 Å². The molecule has 1 aromatic carbocycles. The van der Waals surface area contributed by atoms with Gasteiger partial charge in [0, 0.05) is 38.3 Å². The van der Waals surface area contributed by atoms with Gasteiger partial charge in [0.05, 0.1) is 5.02 Å². The summed E-state index contributed by atoms with van der Waals surface area (Å²) in [6.07, 6.45) is 1.13. The number of phenolic OH excluding ortho intramolecular Hbond substituents is 1. The summed E-state index contributed by atoms with van der Waals surface area (Å²) in [5.74, 6) is 0.195. The first-order valence-electron chi connectivity index (χ1n) is 7.25. The highest BCUT2D eigenvalue weighted by Crippen LogP contribution is 2.26. The fourth-order valence-electron chi connectivity index (χ4n) is 2.42. The molecule has 20 heavy (non-hydrogen) atoms. The molecule has 1 aliphatic heterocycles. The molecular weight excluding hydrogens is 274 g/mol. The Morgan fingerprint density at radius 3 is 2.75 bits per heavy atom. The molecule has 1 saturated heterocycles. The van der Waals surface area contributed by atoms with Crippen molar-refractivity contribution < 1.29 is 5.11 Å². The topological polar surface area (TPSA) is 38.7 Å². The van der Waals surface area contributed by atoms with E-state index in [9.17, 15) is 5.11 Å². The van der Waals surface area contributed by atoms with Gasteiger partial charge in [0.25, 0.3) is 0 Å². The molecule has 5 heteroatoms. The fraction of sp³-hybridized carbons (Fsp3) is 0.600. The van der Waals surface area contributed by atoms with Gasteiger partial charge in [0.1, 0.15) is 5.75 Å². The van der Waals surface area contributed by atoms with Gasteiger partial charge in [0.15, 0.2) is 0 Å². The summed E-state index contributed by atoms with van der Waals surface area (Å²) in [5, 5.41) is 13.6. The minimum atomic E-state index is 0.195. The Morgan fingerprint density at radius 2 is 2.00 bits per heavy atom. The zero-order valence-electron chi connectivity index (χ0n) is 12.1. The Kier molecular flexibility index (Phi) is 6.10. The first-order valence-corrected chi connectivity index (χ1v) is 7.62. The zero-order valence-corrected chi connectivity index (χ0v) is 12.9. The zero-order chi connectivity index (χ0) is 14.4. The van der Waals surface area contributed by atoms with Crippen molar-refractivity contribution in [3.63, 3.8) is 0 Å². The Balaban J connectivity index is 1.61. The Hall–Kier alpha value is -0.810. The minimum absolute atomic E-state index is 0.195. The van der Waals surface area contributed by atoms with Gasteiger partial charge in [-0.15, -0.1) is 0 Å². The third-order valence-electron chi connectivity index (χ3n) is 3.81. The van der Waals surface area contributed by atoms with E-state index in [1.807, 2.05) is 12.1 Å². The average molecular weight is 298 g/mol. The number of aromatic hydroxyl groups is 1. The van der Waals surface area contributed by atoms with Crippen molar-refractivity contribution in [2.45, 2.75) is 13.0 Å². The second-order valence-corrected chi connectivity index (χ2v) is 5.83. The summed E-state index contributed by atoms with van der Waals surface area (Å²) in [6.45, 7) is 7.45. The predicted octanol–water partition coefficient (Wildman–Crippen LogP) is 1.77. The summed E-state index contributed by atoms with van der Waals surface area (Å²) in [4.78, 5) is 4.88. The number of likely N-dealkylation sites (N-methyl/N-ethyl adjacent to an activating group) is 1. The number of phenols is 1. The molecule has 2 rings (SSSR count). The third kappa shape index (κ3) is 4.63. The SMILES string of the molecule is CN1CCN(CCCNCc2cccc(Cl)c2O)CC1. The lowest BCUT2D eigenvalue weighted by Crippen LogP contribution is -2.45. The van der Waals surface area contributed by atoms with Crippen LogP contribution in [0.2, 0.25) is 5.02 Å². The second-order valence-electron chi connectivity index (χ2n) is 5.42. The molecule has 0 bridgehead atoms. The van der Waals surface area contributed by atoms with Gasteiger partial charge >= 0.3 is 0 Å². The van der Waals surface area contributed by atoms with E-state index in [1.165, 1.54) is 26.2 Å². The van der Waals surface area contributed by atoms with Crippen molar-refractivity contribution in [2.75, 3.05) is 46.3 Å². The number of hydrogen-bond donors (Lipinski definition) is 2. The normalized spacial score (nSPS) is 17.5. The molecule has 0 spiro atoms. The Bertz CT molecular complexity index is 420. The highest BCUT2D eigenvalue weighted by molar-refractivity contribution is 6.32. The first kappa shape index (κ1) is 15.6. The van der Waals surface area contributed by atoms with Crippen LogP contribution in [0.3, 0.4) is 0 Å². The van der Waals surface area contributed by atoms with Crippen molar-refractivity contribution >= 4 is 11.6 Å². The molecule has 0 radical (unpaired) electrons. The molecule has 0 amide bonds. The maximum Gasteiger partial charge on any atom is 0.138 e. The summed E-state index contributed by atoms with van der Waals surface area (Å²) in [6, 6.07) is 5.46. The first-order chi connectivity index (χ1) is 9.66. The van der Waals surface area contributed by atoms with Crippen molar-refractivity contribution in [3.8, 4) is 5.75 Å². The monoisotopic (exact) mass is 297 g/mol. The molecular formula is C15H24ClN3O. The molecule has 0 atom stereocenters. The molecule has 1 fully saturated rings. The fourth-order valence-corrected chi connectivity index (χ4v) is 2.62. The number of piperazine rings is 1. The van der Waals surface area contributed by atoms with Gasteiger partial charge < -0.3 is 20.2 Å². The van der Waals surface area contributed by atoms with Gasteiger partial charge in [-0.25, -0.2) is 0 Å². The number of halogens is 1. The van der Waals surface area contributed by atoms with Crippen LogP contribution in [0.5, 0.6) is 5.75 Å². The highest BCUT2D eigenvalue weighted by atomic mass is 35.5. The number of para-hydroxylation sites is 1. The Labute approximate surface area is 126 Å². The van der Waals surface area contributed by atoms with Crippen LogP contribution in [0.25, 0.3) is 0 Å². The largest absolute Gasteiger partial charge is 0.506 e. The van der Waals surface area contributed by atoms with Gasteiger partial charge in [-0.05, 0) is 32.6 Å². The van der Waals surface area contributed by atoms with Crippen LogP contribution in [0.15, 0.2) is 18.2 Å². The maximum absolute atomic E-state index is 9.80. The number of nitrogens with zero attached hydrogens (tertiary/aromatic N) is 2. The van der Waals surface area contributed by atoms with Crippen LogP contribution < -0.4 is 5.32 Å². The van der Waals surface area contributed by atoms with Crippen LogP contribution in [-0.4, -0.2) is 61.2 Å². The van der Waals surface area contributed by atoms with Crippen molar-refractivity contribution in [2.24, 2.45) is 0 Å². The van der Waals surface area contributed by atoms with Gasteiger partial charge in [-0.2, -0.15) is 0 Å². The van der Waals surface area contributed by atoms with Crippen LogP contribution in [0.4, 0.5) is 0 Å². The average Bonchev–Trinajstić information content (AvgIpc) is 2.45. The van der Waals surface area contributed by atoms with Gasteiger partial charge in [-0.1, -0.05) is 23.7 Å². The second kappa shape index (κ2) is 7.84. The van der Waals surface area contributed by atoms with E-state index in [0.717, 1.165) is 25.1 Å². The molecule has 0 saturated carbocycles. The van der Waals surface area contributed by atoms with E-state index in [4.69, 9.17) is 11.6 Å². The van der Waals surface area contributed by atoms with E-state index >= 15 is 0 Å². The number of nitrogens with one attached hydrogen (secondary N) is 1. The highest BCUT2D eigenvalue weighted by Gasteiger charge is 2.12. The van der Waals surface area contributed by atoms with Crippen molar-refractivity contribution in [1.29, 1.82) is 0 Å². The number of rotatable bonds is 6. The van der Waals surface area contributed by atoms with Crippen LogP contribution in [-0.2, 0) is 6.54 Å².